The van der Waals surface area contributed by atoms with Crippen LogP contribution in [-0.2, 0) is 0 Å². The SMILES string of the molecule is Cc1ccc(C)c(C(=O)N[C@H](C)c2ccc(F)cc2)c1. The highest BCUT2D eigenvalue weighted by atomic mass is 19.1. The third-order valence-corrected chi connectivity index (χ3v) is 3.36. The second kappa shape index (κ2) is 5.87. The number of carbonyl (C=O) groups is 1. The Morgan fingerprint density at radius 3 is 2.40 bits per heavy atom. The zero-order valence-electron chi connectivity index (χ0n) is 11.9. The fraction of sp³-hybridized carbons (Fsp3) is 0.235. The molecule has 0 aliphatic heterocycles. The molecule has 1 atom stereocenters. The lowest BCUT2D eigenvalue weighted by Crippen LogP contribution is -2.27. The number of amides is 1. The molecule has 2 nitrogen and oxygen atoms in total. The minimum absolute atomic E-state index is 0.108. The van der Waals surface area contributed by atoms with E-state index in [1.54, 1.807) is 12.1 Å². The summed E-state index contributed by atoms with van der Waals surface area (Å²) in [6.07, 6.45) is 0. The highest BCUT2D eigenvalue weighted by Gasteiger charge is 2.13. The van der Waals surface area contributed by atoms with Crippen LogP contribution >= 0.6 is 0 Å². The van der Waals surface area contributed by atoms with Crippen LogP contribution in [-0.4, -0.2) is 5.91 Å². The molecule has 0 aromatic heterocycles. The summed E-state index contributed by atoms with van der Waals surface area (Å²) < 4.78 is 12.9. The molecule has 0 fully saturated rings. The van der Waals surface area contributed by atoms with E-state index in [0.717, 1.165) is 16.7 Å². The fourth-order valence-corrected chi connectivity index (χ4v) is 2.09. The van der Waals surface area contributed by atoms with E-state index in [-0.39, 0.29) is 17.8 Å². The van der Waals surface area contributed by atoms with Gasteiger partial charge in [0.25, 0.3) is 5.91 Å². The van der Waals surface area contributed by atoms with Gasteiger partial charge in [0.15, 0.2) is 0 Å². The first-order chi connectivity index (χ1) is 9.47. The lowest BCUT2D eigenvalue weighted by molar-refractivity contribution is 0.0939. The molecule has 3 heteroatoms. The van der Waals surface area contributed by atoms with Crippen molar-refractivity contribution in [3.8, 4) is 0 Å². The molecule has 0 bridgehead atoms. The molecule has 0 spiro atoms. The standard InChI is InChI=1S/C17H18FNO/c1-11-4-5-12(2)16(10-11)17(20)19-13(3)14-6-8-15(18)9-7-14/h4-10,13H,1-3H3,(H,19,20)/t13-/m1/s1. The third kappa shape index (κ3) is 3.23. The number of nitrogens with one attached hydrogen (secondary N) is 1. The van der Waals surface area contributed by atoms with E-state index in [4.69, 9.17) is 0 Å². The summed E-state index contributed by atoms with van der Waals surface area (Å²) in [6, 6.07) is 11.8. The Bertz CT molecular complexity index is 619. The lowest BCUT2D eigenvalue weighted by Gasteiger charge is -2.15. The number of carbonyl (C=O) groups excluding carboxylic acids is 1. The number of aryl methyl sites for hydroxylation is 2. The minimum atomic E-state index is -0.276. The predicted octanol–water partition coefficient (Wildman–Crippen LogP) is 3.93. The number of rotatable bonds is 3. The summed E-state index contributed by atoms with van der Waals surface area (Å²) in [5.74, 6) is -0.384. The van der Waals surface area contributed by atoms with Crippen molar-refractivity contribution in [3.63, 3.8) is 0 Å². The fourth-order valence-electron chi connectivity index (χ4n) is 2.09. The molecular weight excluding hydrogens is 253 g/mol. The Hall–Kier alpha value is -2.16. The Morgan fingerprint density at radius 2 is 1.75 bits per heavy atom. The zero-order chi connectivity index (χ0) is 14.7. The molecule has 2 aromatic rings. The largest absolute Gasteiger partial charge is 0.346 e. The minimum Gasteiger partial charge on any atom is -0.346 e. The smallest absolute Gasteiger partial charge is 0.252 e. The van der Waals surface area contributed by atoms with Crippen molar-refractivity contribution in [2.24, 2.45) is 0 Å². The maximum Gasteiger partial charge on any atom is 0.252 e. The normalized spacial score (nSPS) is 12.0. The van der Waals surface area contributed by atoms with Crippen LogP contribution in [0.1, 0.15) is 40.0 Å². The van der Waals surface area contributed by atoms with Crippen molar-refractivity contribution in [1.82, 2.24) is 5.32 Å². The molecule has 2 aromatic carbocycles. The topological polar surface area (TPSA) is 29.1 Å². The van der Waals surface area contributed by atoms with Gasteiger partial charge in [0.05, 0.1) is 6.04 Å². The van der Waals surface area contributed by atoms with Crippen LogP contribution in [0.25, 0.3) is 0 Å². The summed E-state index contributed by atoms with van der Waals surface area (Å²) in [5, 5.41) is 2.94. The molecule has 0 aliphatic carbocycles. The highest BCUT2D eigenvalue weighted by Crippen LogP contribution is 2.16. The van der Waals surface area contributed by atoms with E-state index >= 15 is 0 Å². The predicted molar refractivity (Wildman–Crippen MR) is 78.2 cm³/mol. The second-order valence-electron chi connectivity index (χ2n) is 5.07. The van der Waals surface area contributed by atoms with E-state index in [1.807, 2.05) is 39.0 Å². The first-order valence-electron chi connectivity index (χ1n) is 6.61. The van der Waals surface area contributed by atoms with Gasteiger partial charge < -0.3 is 5.32 Å². The molecule has 0 saturated carbocycles. The first-order valence-corrected chi connectivity index (χ1v) is 6.61. The van der Waals surface area contributed by atoms with Gasteiger partial charge in [0.2, 0.25) is 0 Å². The Labute approximate surface area is 118 Å². The lowest BCUT2D eigenvalue weighted by atomic mass is 10.0. The molecule has 2 rings (SSSR count). The Balaban J connectivity index is 2.15. The molecule has 1 N–H and O–H groups in total. The van der Waals surface area contributed by atoms with Gasteiger partial charge >= 0.3 is 0 Å². The van der Waals surface area contributed by atoms with Crippen LogP contribution < -0.4 is 5.32 Å². The average Bonchev–Trinajstić information content (AvgIpc) is 2.42. The number of hydrogen-bond donors (Lipinski definition) is 1. The van der Waals surface area contributed by atoms with Gasteiger partial charge in [-0.15, -0.1) is 0 Å². The quantitative estimate of drug-likeness (QED) is 0.900. The molecular formula is C17H18FNO. The van der Waals surface area contributed by atoms with Crippen LogP contribution in [0.3, 0.4) is 0 Å². The number of halogens is 1. The molecule has 104 valence electrons. The monoisotopic (exact) mass is 271 g/mol. The summed E-state index contributed by atoms with van der Waals surface area (Å²) in [7, 11) is 0. The highest BCUT2D eigenvalue weighted by molar-refractivity contribution is 5.96. The number of benzene rings is 2. The van der Waals surface area contributed by atoms with Crippen LogP contribution in [0.15, 0.2) is 42.5 Å². The average molecular weight is 271 g/mol. The molecule has 0 unspecified atom stereocenters. The van der Waals surface area contributed by atoms with Crippen molar-refractivity contribution in [2.75, 3.05) is 0 Å². The van der Waals surface area contributed by atoms with Crippen molar-refractivity contribution in [1.29, 1.82) is 0 Å². The zero-order valence-corrected chi connectivity index (χ0v) is 11.9. The molecule has 1 amide bonds. The van der Waals surface area contributed by atoms with Gasteiger partial charge in [-0.2, -0.15) is 0 Å². The molecule has 20 heavy (non-hydrogen) atoms. The summed E-state index contributed by atoms with van der Waals surface area (Å²) in [6.45, 7) is 5.76. The van der Waals surface area contributed by atoms with Crippen LogP contribution in [0, 0.1) is 19.7 Å². The van der Waals surface area contributed by atoms with E-state index in [1.165, 1.54) is 12.1 Å². The van der Waals surface area contributed by atoms with Crippen LogP contribution in [0.4, 0.5) is 4.39 Å². The summed E-state index contributed by atoms with van der Waals surface area (Å²) in [4.78, 5) is 12.3. The summed E-state index contributed by atoms with van der Waals surface area (Å²) >= 11 is 0. The van der Waals surface area contributed by atoms with Gasteiger partial charge in [-0.1, -0.05) is 29.8 Å². The van der Waals surface area contributed by atoms with Gasteiger partial charge in [0.1, 0.15) is 5.82 Å². The van der Waals surface area contributed by atoms with Crippen molar-refractivity contribution < 1.29 is 9.18 Å². The van der Waals surface area contributed by atoms with Crippen molar-refractivity contribution in [3.05, 3.63) is 70.5 Å². The van der Waals surface area contributed by atoms with E-state index < -0.39 is 0 Å². The third-order valence-electron chi connectivity index (χ3n) is 3.36. The molecule has 0 heterocycles. The second-order valence-corrected chi connectivity index (χ2v) is 5.07. The maximum absolute atomic E-state index is 12.9. The van der Waals surface area contributed by atoms with Crippen LogP contribution in [0.2, 0.25) is 0 Å². The Kier molecular flexibility index (Phi) is 4.18. The van der Waals surface area contributed by atoms with Crippen LogP contribution in [0.5, 0.6) is 0 Å². The molecule has 0 radical (unpaired) electrons. The van der Waals surface area contributed by atoms with E-state index in [0.29, 0.717) is 5.56 Å². The van der Waals surface area contributed by atoms with Gasteiger partial charge in [-0.3, -0.25) is 4.79 Å². The van der Waals surface area contributed by atoms with Crippen molar-refractivity contribution >= 4 is 5.91 Å². The maximum atomic E-state index is 12.9. The van der Waals surface area contributed by atoms with E-state index in [2.05, 4.69) is 5.32 Å². The summed E-state index contributed by atoms with van der Waals surface area (Å²) in [5.41, 5.74) is 3.55. The first kappa shape index (κ1) is 14.3. The van der Waals surface area contributed by atoms with Gasteiger partial charge in [-0.05, 0) is 50.1 Å². The van der Waals surface area contributed by atoms with Crippen molar-refractivity contribution in [2.45, 2.75) is 26.8 Å². The van der Waals surface area contributed by atoms with E-state index in [9.17, 15) is 9.18 Å². The number of hydrogen-bond acceptors (Lipinski definition) is 1. The van der Waals surface area contributed by atoms with Gasteiger partial charge in [-0.25, -0.2) is 4.39 Å². The Morgan fingerprint density at radius 1 is 1.10 bits per heavy atom. The van der Waals surface area contributed by atoms with Gasteiger partial charge in [0, 0.05) is 5.56 Å². The molecule has 0 aliphatic rings. The molecule has 0 saturated heterocycles.